The van der Waals surface area contributed by atoms with Gasteiger partial charge in [-0.15, -0.1) is 11.3 Å². The summed E-state index contributed by atoms with van der Waals surface area (Å²) in [6, 6.07) is 15.3. The van der Waals surface area contributed by atoms with E-state index in [0.717, 1.165) is 11.1 Å². The molecule has 0 saturated carbocycles. The lowest BCUT2D eigenvalue weighted by Crippen LogP contribution is -2.19. The molecule has 3 rings (SSSR count). The first-order valence-electron chi connectivity index (χ1n) is 8.50. The molecule has 0 aliphatic carbocycles. The van der Waals surface area contributed by atoms with Gasteiger partial charge in [0.25, 0.3) is 0 Å². The van der Waals surface area contributed by atoms with Crippen molar-refractivity contribution in [3.8, 4) is 11.5 Å². The van der Waals surface area contributed by atoms with E-state index in [4.69, 9.17) is 15.2 Å². The minimum absolute atomic E-state index is 0.124. The first-order chi connectivity index (χ1) is 13.6. The topological polar surface area (TPSA) is 98.8 Å². The first-order valence-corrected chi connectivity index (χ1v) is 9.38. The Balaban J connectivity index is 1.60. The zero-order chi connectivity index (χ0) is 19.8. The Morgan fingerprint density at radius 3 is 2.79 bits per heavy atom. The van der Waals surface area contributed by atoms with Gasteiger partial charge in [0.1, 0.15) is 6.61 Å². The maximum atomic E-state index is 11.9. The van der Waals surface area contributed by atoms with Gasteiger partial charge in [-0.1, -0.05) is 30.3 Å². The minimum atomic E-state index is -0.268. The summed E-state index contributed by atoms with van der Waals surface area (Å²) in [5.74, 6) is 0.952. The highest BCUT2D eigenvalue weighted by Gasteiger charge is 2.07. The van der Waals surface area contributed by atoms with Crippen molar-refractivity contribution in [3.05, 3.63) is 70.7 Å². The van der Waals surface area contributed by atoms with Crippen LogP contribution in [0.2, 0.25) is 0 Å². The molecule has 0 atom stereocenters. The number of nitrogen functional groups attached to an aromatic ring is 1. The fourth-order valence-corrected chi connectivity index (χ4v) is 2.97. The molecule has 144 valence electrons. The average Bonchev–Trinajstić information content (AvgIpc) is 3.11. The van der Waals surface area contributed by atoms with E-state index in [0.29, 0.717) is 28.9 Å². The van der Waals surface area contributed by atoms with Crippen molar-refractivity contribution in [3.63, 3.8) is 0 Å². The Morgan fingerprint density at radius 1 is 1.25 bits per heavy atom. The SMILES string of the molecule is COc1ccc(/C=N/NC(=O)Cc2csc(N)n2)cc1OCc1ccccc1. The van der Waals surface area contributed by atoms with E-state index in [9.17, 15) is 4.79 Å². The van der Waals surface area contributed by atoms with Crippen molar-refractivity contribution in [2.24, 2.45) is 5.10 Å². The van der Waals surface area contributed by atoms with Gasteiger partial charge in [0, 0.05) is 5.38 Å². The normalized spacial score (nSPS) is 10.8. The largest absolute Gasteiger partial charge is 0.493 e. The van der Waals surface area contributed by atoms with Crippen molar-refractivity contribution >= 4 is 28.6 Å². The van der Waals surface area contributed by atoms with E-state index in [1.165, 1.54) is 11.3 Å². The Morgan fingerprint density at radius 2 is 2.07 bits per heavy atom. The number of hydrogen-bond donors (Lipinski definition) is 2. The number of aromatic nitrogens is 1. The number of hydrazone groups is 1. The number of methoxy groups -OCH3 is 1. The molecule has 0 saturated heterocycles. The molecule has 1 heterocycles. The van der Waals surface area contributed by atoms with E-state index < -0.39 is 0 Å². The van der Waals surface area contributed by atoms with Gasteiger partial charge in [-0.05, 0) is 29.3 Å². The zero-order valence-corrected chi connectivity index (χ0v) is 16.1. The van der Waals surface area contributed by atoms with Crippen LogP contribution in [0.3, 0.4) is 0 Å². The van der Waals surface area contributed by atoms with Gasteiger partial charge < -0.3 is 15.2 Å². The number of nitrogens with zero attached hydrogens (tertiary/aromatic N) is 2. The molecular formula is C20H20N4O3S. The molecule has 0 unspecified atom stereocenters. The van der Waals surface area contributed by atoms with Crippen LogP contribution < -0.4 is 20.6 Å². The van der Waals surface area contributed by atoms with Crippen molar-refractivity contribution in [1.82, 2.24) is 10.4 Å². The number of carbonyl (C=O) groups excluding carboxylic acids is 1. The van der Waals surface area contributed by atoms with Crippen LogP contribution in [0.1, 0.15) is 16.8 Å². The van der Waals surface area contributed by atoms with Crippen molar-refractivity contribution < 1.29 is 14.3 Å². The number of amides is 1. The number of carbonyl (C=O) groups is 1. The van der Waals surface area contributed by atoms with E-state index in [-0.39, 0.29) is 12.3 Å². The van der Waals surface area contributed by atoms with Crippen LogP contribution in [-0.4, -0.2) is 24.2 Å². The highest BCUT2D eigenvalue weighted by atomic mass is 32.1. The second kappa shape index (κ2) is 9.52. The summed E-state index contributed by atoms with van der Waals surface area (Å²) in [6.07, 6.45) is 1.67. The molecule has 28 heavy (non-hydrogen) atoms. The molecule has 0 spiro atoms. The molecule has 7 nitrogen and oxygen atoms in total. The molecule has 0 bridgehead atoms. The van der Waals surface area contributed by atoms with E-state index in [1.807, 2.05) is 36.4 Å². The van der Waals surface area contributed by atoms with Crippen LogP contribution in [0.15, 0.2) is 59.0 Å². The van der Waals surface area contributed by atoms with E-state index in [2.05, 4.69) is 15.5 Å². The number of thiazole rings is 1. The molecule has 0 aliphatic rings. The lowest BCUT2D eigenvalue weighted by Gasteiger charge is -2.11. The predicted octanol–water partition coefficient (Wildman–Crippen LogP) is 3.01. The second-order valence-corrected chi connectivity index (χ2v) is 6.72. The van der Waals surface area contributed by atoms with Gasteiger partial charge in [-0.25, -0.2) is 10.4 Å². The first kappa shape index (κ1) is 19.4. The molecule has 0 radical (unpaired) electrons. The lowest BCUT2D eigenvalue weighted by atomic mass is 10.2. The highest BCUT2D eigenvalue weighted by molar-refractivity contribution is 7.13. The molecule has 3 N–H and O–H groups in total. The van der Waals surface area contributed by atoms with E-state index >= 15 is 0 Å². The van der Waals surface area contributed by atoms with Gasteiger partial charge in [-0.2, -0.15) is 5.10 Å². The molecular weight excluding hydrogens is 376 g/mol. The summed E-state index contributed by atoms with van der Waals surface area (Å²) < 4.78 is 11.2. The maximum Gasteiger partial charge on any atom is 0.246 e. The second-order valence-electron chi connectivity index (χ2n) is 5.83. The maximum absolute atomic E-state index is 11.9. The molecule has 3 aromatic rings. The van der Waals surface area contributed by atoms with Crippen LogP contribution in [0.5, 0.6) is 11.5 Å². The molecule has 1 aromatic heterocycles. The van der Waals surface area contributed by atoms with Crippen LogP contribution in [-0.2, 0) is 17.8 Å². The van der Waals surface area contributed by atoms with Crippen LogP contribution in [0.25, 0.3) is 0 Å². The number of nitrogens with two attached hydrogens (primary N) is 1. The van der Waals surface area contributed by atoms with Crippen LogP contribution >= 0.6 is 11.3 Å². The third kappa shape index (κ3) is 5.55. The van der Waals surface area contributed by atoms with Crippen molar-refractivity contribution in [2.45, 2.75) is 13.0 Å². The number of hydrogen-bond acceptors (Lipinski definition) is 7. The molecule has 0 aliphatic heterocycles. The van der Waals surface area contributed by atoms with Crippen LogP contribution in [0, 0.1) is 0 Å². The summed E-state index contributed by atoms with van der Waals surface area (Å²) in [6.45, 7) is 0.422. The Hall–Kier alpha value is -3.39. The fraction of sp³-hybridized carbons (Fsp3) is 0.150. The summed E-state index contributed by atoms with van der Waals surface area (Å²) in [4.78, 5) is 15.9. The van der Waals surface area contributed by atoms with Gasteiger partial charge in [-0.3, -0.25) is 4.79 Å². The Bertz CT molecular complexity index is 957. The van der Waals surface area contributed by atoms with Gasteiger partial charge in [0.15, 0.2) is 16.6 Å². The quantitative estimate of drug-likeness (QED) is 0.450. The van der Waals surface area contributed by atoms with Gasteiger partial charge >= 0.3 is 0 Å². The number of benzene rings is 2. The molecule has 2 aromatic carbocycles. The zero-order valence-electron chi connectivity index (χ0n) is 15.3. The standard InChI is InChI=1S/C20H20N4O3S/c1-26-17-8-7-15(9-18(17)27-12-14-5-3-2-4-6-14)11-22-24-19(25)10-16-13-28-20(21)23-16/h2-9,11,13H,10,12H2,1H3,(H2,21,23)(H,24,25)/b22-11+. The number of nitrogens with one attached hydrogen (secondary N) is 1. The summed E-state index contributed by atoms with van der Waals surface area (Å²) in [5, 5.41) is 6.17. The molecule has 1 amide bonds. The summed E-state index contributed by atoms with van der Waals surface area (Å²) >= 11 is 1.30. The summed E-state index contributed by atoms with van der Waals surface area (Å²) in [5.41, 5.74) is 10.5. The third-order valence-electron chi connectivity index (χ3n) is 3.74. The number of rotatable bonds is 8. The third-order valence-corrected chi connectivity index (χ3v) is 4.46. The fourth-order valence-electron chi connectivity index (χ4n) is 2.41. The minimum Gasteiger partial charge on any atom is -0.493 e. The number of ether oxygens (including phenoxy) is 2. The lowest BCUT2D eigenvalue weighted by molar-refractivity contribution is -0.120. The van der Waals surface area contributed by atoms with E-state index in [1.54, 1.807) is 30.8 Å². The number of anilines is 1. The molecule has 8 heteroatoms. The van der Waals surface area contributed by atoms with Gasteiger partial charge in [0.2, 0.25) is 5.91 Å². The monoisotopic (exact) mass is 396 g/mol. The van der Waals surface area contributed by atoms with Crippen molar-refractivity contribution in [2.75, 3.05) is 12.8 Å². The average molecular weight is 396 g/mol. The van der Waals surface area contributed by atoms with Crippen LogP contribution in [0.4, 0.5) is 5.13 Å². The molecule has 0 fully saturated rings. The smallest absolute Gasteiger partial charge is 0.246 e. The van der Waals surface area contributed by atoms with Gasteiger partial charge in [0.05, 0.1) is 25.4 Å². The Kier molecular flexibility index (Phi) is 6.59. The van der Waals surface area contributed by atoms with Crippen molar-refractivity contribution in [1.29, 1.82) is 0 Å². The predicted molar refractivity (Wildman–Crippen MR) is 110 cm³/mol. The highest BCUT2D eigenvalue weighted by Crippen LogP contribution is 2.28. The summed E-state index contributed by atoms with van der Waals surface area (Å²) in [7, 11) is 1.59. The Labute approximate surface area is 166 Å².